The Hall–Kier alpha value is -2.64. The highest BCUT2D eigenvalue weighted by molar-refractivity contribution is 9.10. The number of rotatable bonds is 4. The van der Waals surface area contributed by atoms with Crippen molar-refractivity contribution in [3.8, 4) is 16.9 Å². The summed E-state index contributed by atoms with van der Waals surface area (Å²) in [5.74, 6) is -0.633. The molecule has 1 aromatic heterocycles. The largest absolute Gasteiger partial charge is 0.497 e. The molecule has 0 bridgehead atoms. The van der Waals surface area contributed by atoms with Crippen molar-refractivity contribution >= 4 is 44.8 Å². The van der Waals surface area contributed by atoms with E-state index in [4.69, 9.17) is 4.74 Å². The maximum absolute atomic E-state index is 12.5. The van der Waals surface area contributed by atoms with Crippen molar-refractivity contribution in [2.75, 3.05) is 12.4 Å². The van der Waals surface area contributed by atoms with E-state index in [9.17, 15) is 14.7 Å². The monoisotopic (exact) mass is 457 g/mol. The van der Waals surface area contributed by atoms with Gasteiger partial charge < -0.3 is 15.2 Å². The second-order valence-corrected chi connectivity index (χ2v) is 8.41. The third-order valence-electron chi connectivity index (χ3n) is 4.73. The van der Waals surface area contributed by atoms with Crippen molar-refractivity contribution < 1.29 is 19.4 Å². The molecule has 0 aliphatic carbocycles. The van der Waals surface area contributed by atoms with Crippen LogP contribution in [0, 0.1) is 0 Å². The summed E-state index contributed by atoms with van der Waals surface area (Å²) in [7, 11) is 1.58. The van der Waals surface area contributed by atoms with Gasteiger partial charge in [0.05, 0.1) is 12.8 Å². The number of carbonyl (C=O) groups excluding carboxylic acids is 1. The van der Waals surface area contributed by atoms with Crippen molar-refractivity contribution in [3.63, 3.8) is 0 Å². The Bertz CT molecular complexity index is 1070. The number of carbonyl (C=O) groups is 2. The molecule has 1 amide bonds. The van der Waals surface area contributed by atoms with E-state index in [1.165, 1.54) is 11.3 Å². The molecule has 2 heterocycles. The molecule has 4 rings (SSSR count). The average molecular weight is 458 g/mol. The Balaban J connectivity index is 1.91. The lowest BCUT2D eigenvalue weighted by Gasteiger charge is -2.24. The van der Waals surface area contributed by atoms with Gasteiger partial charge in [0, 0.05) is 27.3 Å². The van der Waals surface area contributed by atoms with Gasteiger partial charge in [-0.25, -0.2) is 4.79 Å². The van der Waals surface area contributed by atoms with E-state index in [1.807, 2.05) is 36.4 Å². The maximum atomic E-state index is 12.5. The van der Waals surface area contributed by atoms with Gasteiger partial charge in [-0.1, -0.05) is 40.2 Å². The van der Waals surface area contributed by atoms with Crippen LogP contribution in [0.5, 0.6) is 5.75 Å². The summed E-state index contributed by atoms with van der Waals surface area (Å²) in [6, 6.07) is 15.0. The highest BCUT2D eigenvalue weighted by Crippen LogP contribution is 2.49. The number of methoxy groups -OCH3 is 1. The third kappa shape index (κ3) is 3.31. The van der Waals surface area contributed by atoms with Crippen LogP contribution in [0.15, 0.2) is 53.0 Å². The number of nitrogens with one attached hydrogen (secondary N) is 1. The number of hydrogen-bond acceptors (Lipinski definition) is 4. The first-order valence-electron chi connectivity index (χ1n) is 8.57. The highest BCUT2D eigenvalue weighted by atomic mass is 79.9. The molecule has 0 saturated carbocycles. The molecule has 3 aromatic rings. The number of aromatic carboxylic acids is 1. The summed E-state index contributed by atoms with van der Waals surface area (Å²) in [6.45, 7) is 0. The van der Waals surface area contributed by atoms with E-state index >= 15 is 0 Å². The van der Waals surface area contributed by atoms with E-state index in [2.05, 4.69) is 21.2 Å². The van der Waals surface area contributed by atoms with Crippen LogP contribution < -0.4 is 10.1 Å². The van der Waals surface area contributed by atoms with E-state index < -0.39 is 5.97 Å². The number of fused-ring (bicyclic) bond motifs is 1. The molecule has 1 aliphatic rings. The zero-order chi connectivity index (χ0) is 19.8. The second-order valence-electron chi connectivity index (χ2n) is 6.44. The zero-order valence-electron chi connectivity index (χ0n) is 14.9. The normalized spacial score (nSPS) is 15.6. The smallest absolute Gasteiger partial charge is 0.346 e. The van der Waals surface area contributed by atoms with Crippen molar-refractivity contribution in [3.05, 3.63) is 68.3 Å². The standard InChI is InChI=1S/C21H16BrNO4S/c1-27-14-7-5-11(6-8-14)17-18-19(28-20(17)21(25)26)15(10-16(24)23-18)12-3-2-4-13(22)9-12/h2-9,15H,10H2,1H3,(H,23,24)(H,25,26)/t15-/m1/s1. The molecule has 1 aliphatic heterocycles. The average Bonchev–Trinajstić information content (AvgIpc) is 3.07. The van der Waals surface area contributed by atoms with Gasteiger partial charge in [-0.05, 0) is 35.4 Å². The molecule has 142 valence electrons. The lowest BCUT2D eigenvalue weighted by molar-refractivity contribution is -0.116. The van der Waals surface area contributed by atoms with Crippen LogP contribution in [0.4, 0.5) is 5.69 Å². The third-order valence-corrected chi connectivity index (χ3v) is 6.51. The molecule has 1 atom stereocenters. The summed E-state index contributed by atoms with van der Waals surface area (Å²) < 4.78 is 6.11. The van der Waals surface area contributed by atoms with Gasteiger partial charge in [0.2, 0.25) is 5.91 Å². The van der Waals surface area contributed by atoms with Gasteiger partial charge in [-0.3, -0.25) is 4.79 Å². The molecule has 0 radical (unpaired) electrons. The van der Waals surface area contributed by atoms with Crippen molar-refractivity contribution in [2.24, 2.45) is 0 Å². The van der Waals surface area contributed by atoms with Crippen molar-refractivity contribution in [1.29, 1.82) is 0 Å². The summed E-state index contributed by atoms with van der Waals surface area (Å²) >= 11 is 4.70. The molecule has 2 aromatic carbocycles. The van der Waals surface area contributed by atoms with Crippen LogP contribution in [-0.2, 0) is 4.79 Å². The quantitative estimate of drug-likeness (QED) is 0.552. The molecule has 0 spiro atoms. The van der Waals surface area contributed by atoms with Gasteiger partial charge >= 0.3 is 5.97 Å². The molecule has 0 saturated heterocycles. The molecule has 5 nitrogen and oxygen atoms in total. The summed E-state index contributed by atoms with van der Waals surface area (Å²) in [5.41, 5.74) is 2.84. The summed E-state index contributed by atoms with van der Waals surface area (Å²) in [5, 5.41) is 12.7. The predicted molar refractivity (Wildman–Crippen MR) is 112 cm³/mol. The molecule has 7 heteroatoms. The van der Waals surface area contributed by atoms with E-state index in [0.717, 1.165) is 20.5 Å². The van der Waals surface area contributed by atoms with Crippen LogP contribution in [-0.4, -0.2) is 24.1 Å². The number of ether oxygens (including phenoxy) is 1. The lowest BCUT2D eigenvalue weighted by Crippen LogP contribution is -2.22. The van der Waals surface area contributed by atoms with Gasteiger partial charge in [0.15, 0.2) is 0 Å². The van der Waals surface area contributed by atoms with Crippen molar-refractivity contribution in [1.82, 2.24) is 0 Å². The number of thiophene rings is 1. The molecule has 0 fully saturated rings. The fourth-order valence-electron chi connectivity index (χ4n) is 3.46. The van der Waals surface area contributed by atoms with Gasteiger partial charge in [0.1, 0.15) is 10.6 Å². The number of halogens is 1. The molecule has 2 N–H and O–H groups in total. The molecule has 28 heavy (non-hydrogen) atoms. The molecular formula is C21H16BrNO4S. The number of hydrogen-bond donors (Lipinski definition) is 2. The first-order valence-corrected chi connectivity index (χ1v) is 10.2. The number of carboxylic acid groups (broad SMARTS) is 1. The minimum Gasteiger partial charge on any atom is -0.497 e. The first kappa shape index (κ1) is 18.7. The van der Waals surface area contributed by atoms with Crippen molar-refractivity contribution in [2.45, 2.75) is 12.3 Å². The fourth-order valence-corrected chi connectivity index (χ4v) is 5.13. The predicted octanol–water partition coefficient (Wildman–Crippen LogP) is 5.36. The van der Waals surface area contributed by atoms with Gasteiger partial charge in [0.25, 0.3) is 0 Å². The topological polar surface area (TPSA) is 75.6 Å². The lowest BCUT2D eigenvalue weighted by atomic mass is 9.89. The minimum atomic E-state index is -1.01. The minimum absolute atomic E-state index is 0.123. The highest BCUT2D eigenvalue weighted by Gasteiger charge is 2.34. The summed E-state index contributed by atoms with van der Waals surface area (Å²) in [6.07, 6.45) is 0.283. The summed E-state index contributed by atoms with van der Waals surface area (Å²) in [4.78, 5) is 25.5. The second kappa shape index (κ2) is 7.41. The SMILES string of the molecule is COc1ccc(-c2c(C(=O)O)sc3c2NC(=O)C[C@@H]3c2cccc(Br)c2)cc1. The number of benzene rings is 2. The van der Waals surface area contributed by atoms with Crippen LogP contribution in [0.1, 0.15) is 32.5 Å². The first-order chi connectivity index (χ1) is 13.5. The molecule has 0 unspecified atom stereocenters. The van der Waals surface area contributed by atoms with Crippen LogP contribution >= 0.6 is 27.3 Å². The van der Waals surface area contributed by atoms with Gasteiger partial charge in [-0.2, -0.15) is 0 Å². The van der Waals surface area contributed by atoms with E-state index in [0.29, 0.717) is 17.0 Å². The van der Waals surface area contributed by atoms with E-state index in [1.54, 1.807) is 19.2 Å². The number of anilines is 1. The Morgan fingerprint density at radius 1 is 1.25 bits per heavy atom. The van der Waals surface area contributed by atoms with Gasteiger partial charge in [-0.15, -0.1) is 11.3 Å². The fraction of sp³-hybridized carbons (Fsp3) is 0.143. The molecular weight excluding hydrogens is 442 g/mol. The van der Waals surface area contributed by atoms with Crippen LogP contribution in [0.25, 0.3) is 11.1 Å². The number of amides is 1. The maximum Gasteiger partial charge on any atom is 0.346 e. The Kier molecular flexibility index (Phi) is 4.95. The Morgan fingerprint density at radius 2 is 2.00 bits per heavy atom. The van der Waals surface area contributed by atoms with E-state index in [-0.39, 0.29) is 23.1 Å². The number of carboxylic acids is 1. The zero-order valence-corrected chi connectivity index (χ0v) is 17.3. The Labute approximate surface area is 174 Å². The van der Waals surface area contributed by atoms with Crippen LogP contribution in [0.2, 0.25) is 0 Å². The van der Waals surface area contributed by atoms with Crippen LogP contribution in [0.3, 0.4) is 0 Å². The Morgan fingerprint density at radius 3 is 2.64 bits per heavy atom.